The summed E-state index contributed by atoms with van der Waals surface area (Å²) in [6.45, 7) is 7.34. The van der Waals surface area contributed by atoms with Gasteiger partial charge in [-0.3, -0.25) is 0 Å². The number of rotatable bonds is 9. The monoisotopic (exact) mass is 277 g/mol. The van der Waals surface area contributed by atoms with E-state index in [9.17, 15) is 8.42 Å². The molecule has 0 spiro atoms. The van der Waals surface area contributed by atoms with Crippen LogP contribution in [-0.4, -0.2) is 46.2 Å². The Morgan fingerprint density at radius 3 is 2.61 bits per heavy atom. The molecule has 5 heteroatoms. The van der Waals surface area contributed by atoms with Gasteiger partial charge in [-0.15, -0.1) is 0 Å². The molecule has 1 aliphatic rings. The summed E-state index contributed by atoms with van der Waals surface area (Å²) < 4.78 is 28.9. The Bertz CT molecular complexity index is 329. The maximum absolute atomic E-state index is 11.7. The molecule has 108 valence electrons. The first-order chi connectivity index (χ1) is 8.54. The van der Waals surface area contributed by atoms with E-state index in [0.29, 0.717) is 18.1 Å². The van der Waals surface area contributed by atoms with Crippen LogP contribution in [0.2, 0.25) is 0 Å². The highest BCUT2D eigenvalue weighted by atomic mass is 32.2. The van der Waals surface area contributed by atoms with Crippen LogP contribution in [0.15, 0.2) is 0 Å². The van der Waals surface area contributed by atoms with Gasteiger partial charge in [-0.05, 0) is 31.2 Å². The maximum atomic E-state index is 11.7. The van der Waals surface area contributed by atoms with Gasteiger partial charge in [-0.2, -0.15) is 0 Å². The Morgan fingerprint density at radius 1 is 1.28 bits per heavy atom. The minimum atomic E-state index is -2.83. The molecule has 4 nitrogen and oxygen atoms in total. The Kier molecular flexibility index (Phi) is 6.60. The highest BCUT2D eigenvalue weighted by molar-refractivity contribution is 7.91. The molecule has 1 heterocycles. The minimum absolute atomic E-state index is 0.0962. The van der Waals surface area contributed by atoms with Gasteiger partial charge in [0.2, 0.25) is 0 Å². The van der Waals surface area contributed by atoms with Gasteiger partial charge in [-0.1, -0.05) is 20.3 Å². The van der Waals surface area contributed by atoms with E-state index in [0.717, 1.165) is 45.4 Å². The number of hydrogen-bond acceptors (Lipinski definition) is 4. The van der Waals surface area contributed by atoms with E-state index in [1.54, 1.807) is 0 Å². The van der Waals surface area contributed by atoms with Crippen LogP contribution in [0.1, 0.15) is 39.5 Å². The summed E-state index contributed by atoms with van der Waals surface area (Å²) in [4.78, 5) is 0. The van der Waals surface area contributed by atoms with Crippen LogP contribution in [-0.2, 0) is 14.6 Å². The van der Waals surface area contributed by atoms with Crippen molar-refractivity contribution in [3.63, 3.8) is 0 Å². The van der Waals surface area contributed by atoms with Crippen molar-refractivity contribution in [2.45, 2.75) is 39.5 Å². The average Bonchev–Trinajstić information content (AvgIpc) is 2.63. The first kappa shape index (κ1) is 15.9. The number of ether oxygens (including phenoxy) is 1. The van der Waals surface area contributed by atoms with Crippen molar-refractivity contribution in [3.05, 3.63) is 0 Å². The third-order valence-electron chi connectivity index (χ3n) is 3.64. The number of unbranched alkanes of at least 4 members (excludes halogenated alkanes) is 1. The summed E-state index contributed by atoms with van der Waals surface area (Å²) in [5, 5.41) is 3.30. The standard InChI is InChI=1S/C13H27NO3S/c1-3-5-8-17-9-6-13(11-14-4-2)7-10-18(15,16)12-13/h14H,3-12H2,1-2H3. The quantitative estimate of drug-likeness (QED) is 0.651. The lowest BCUT2D eigenvalue weighted by molar-refractivity contribution is 0.0980. The SMILES string of the molecule is CCCCOCCC1(CNCC)CCS(=O)(=O)C1. The smallest absolute Gasteiger partial charge is 0.150 e. The normalized spacial score (nSPS) is 26.6. The summed E-state index contributed by atoms with van der Waals surface area (Å²) in [5.41, 5.74) is -0.0962. The second-order valence-corrected chi connectivity index (χ2v) is 7.52. The second-order valence-electron chi connectivity index (χ2n) is 5.34. The van der Waals surface area contributed by atoms with E-state index in [-0.39, 0.29) is 5.41 Å². The second kappa shape index (κ2) is 7.46. The topological polar surface area (TPSA) is 55.4 Å². The van der Waals surface area contributed by atoms with Gasteiger partial charge in [0.05, 0.1) is 11.5 Å². The summed E-state index contributed by atoms with van der Waals surface area (Å²) >= 11 is 0. The zero-order chi connectivity index (χ0) is 13.5. The van der Waals surface area contributed by atoms with E-state index in [1.807, 2.05) is 0 Å². The zero-order valence-electron chi connectivity index (χ0n) is 11.7. The van der Waals surface area contributed by atoms with Gasteiger partial charge in [0, 0.05) is 19.8 Å². The Balaban J connectivity index is 2.41. The van der Waals surface area contributed by atoms with Gasteiger partial charge in [0.1, 0.15) is 0 Å². The lowest BCUT2D eigenvalue weighted by Crippen LogP contribution is -2.36. The van der Waals surface area contributed by atoms with Crippen LogP contribution < -0.4 is 5.32 Å². The van der Waals surface area contributed by atoms with Crippen LogP contribution >= 0.6 is 0 Å². The van der Waals surface area contributed by atoms with Crippen LogP contribution in [0.4, 0.5) is 0 Å². The van der Waals surface area contributed by atoms with Gasteiger partial charge >= 0.3 is 0 Å². The van der Waals surface area contributed by atoms with E-state index in [1.165, 1.54) is 0 Å². The third-order valence-corrected chi connectivity index (χ3v) is 5.52. The molecule has 0 aromatic carbocycles. The Hall–Kier alpha value is -0.130. The number of sulfone groups is 1. The summed E-state index contributed by atoms with van der Waals surface area (Å²) in [7, 11) is -2.83. The molecule has 18 heavy (non-hydrogen) atoms. The Labute approximate surface area is 111 Å². The molecule has 0 aliphatic carbocycles. The summed E-state index contributed by atoms with van der Waals surface area (Å²) in [5.74, 6) is 0.664. The van der Waals surface area contributed by atoms with Crippen molar-refractivity contribution in [1.29, 1.82) is 0 Å². The number of hydrogen-bond donors (Lipinski definition) is 1. The molecule has 1 atom stereocenters. The van der Waals surface area contributed by atoms with Crippen molar-refractivity contribution in [3.8, 4) is 0 Å². The van der Waals surface area contributed by atoms with E-state index in [4.69, 9.17) is 4.74 Å². The van der Waals surface area contributed by atoms with Crippen molar-refractivity contribution in [2.75, 3.05) is 37.8 Å². The van der Waals surface area contributed by atoms with Crippen LogP contribution in [0.3, 0.4) is 0 Å². The van der Waals surface area contributed by atoms with Crippen molar-refractivity contribution < 1.29 is 13.2 Å². The van der Waals surface area contributed by atoms with Gasteiger partial charge in [0.25, 0.3) is 0 Å². The molecule has 0 aromatic heterocycles. The van der Waals surface area contributed by atoms with Crippen LogP contribution in [0.25, 0.3) is 0 Å². The lowest BCUT2D eigenvalue weighted by atomic mass is 9.84. The largest absolute Gasteiger partial charge is 0.381 e. The fraction of sp³-hybridized carbons (Fsp3) is 1.00. The molecule has 1 fully saturated rings. The molecular weight excluding hydrogens is 250 g/mol. The zero-order valence-corrected chi connectivity index (χ0v) is 12.5. The summed E-state index contributed by atoms with van der Waals surface area (Å²) in [6.07, 6.45) is 3.85. The number of nitrogens with one attached hydrogen (secondary N) is 1. The average molecular weight is 277 g/mol. The van der Waals surface area contributed by atoms with Crippen molar-refractivity contribution >= 4 is 9.84 Å². The lowest BCUT2D eigenvalue weighted by Gasteiger charge is -2.27. The molecule has 0 aromatic rings. The van der Waals surface area contributed by atoms with Crippen LogP contribution in [0, 0.1) is 5.41 Å². The first-order valence-corrected chi connectivity index (χ1v) is 8.84. The molecule has 1 aliphatic heterocycles. The molecule has 0 bridgehead atoms. The van der Waals surface area contributed by atoms with E-state index in [2.05, 4.69) is 19.2 Å². The fourth-order valence-electron chi connectivity index (χ4n) is 2.44. The molecule has 1 N–H and O–H groups in total. The highest BCUT2D eigenvalue weighted by Crippen LogP contribution is 2.35. The molecular formula is C13H27NO3S. The molecule has 1 saturated heterocycles. The third kappa shape index (κ3) is 5.24. The predicted octanol–water partition coefficient (Wildman–Crippen LogP) is 1.61. The van der Waals surface area contributed by atoms with Crippen molar-refractivity contribution in [1.82, 2.24) is 5.32 Å². The fourth-order valence-corrected chi connectivity index (χ4v) is 4.65. The molecule has 0 saturated carbocycles. The van der Waals surface area contributed by atoms with Crippen LogP contribution in [0.5, 0.6) is 0 Å². The Morgan fingerprint density at radius 2 is 2.06 bits per heavy atom. The van der Waals surface area contributed by atoms with E-state index < -0.39 is 9.84 Å². The first-order valence-electron chi connectivity index (χ1n) is 7.02. The minimum Gasteiger partial charge on any atom is -0.381 e. The van der Waals surface area contributed by atoms with Gasteiger partial charge < -0.3 is 10.1 Å². The highest BCUT2D eigenvalue weighted by Gasteiger charge is 2.41. The summed E-state index contributed by atoms with van der Waals surface area (Å²) in [6, 6.07) is 0. The van der Waals surface area contributed by atoms with Gasteiger partial charge in [-0.25, -0.2) is 8.42 Å². The van der Waals surface area contributed by atoms with Crippen molar-refractivity contribution in [2.24, 2.45) is 5.41 Å². The predicted molar refractivity (Wildman–Crippen MR) is 74.6 cm³/mol. The van der Waals surface area contributed by atoms with E-state index >= 15 is 0 Å². The maximum Gasteiger partial charge on any atom is 0.150 e. The molecule has 1 unspecified atom stereocenters. The molecule has 0 radical (unpaired) electrons. The molecule has 1 rings (SSSR count). The van der Waals surface area contributed by atoms with Gasteiger partial charge in [0.15, 0.2) is 9.84 Å². The molecule has 0 amide bonds.